The Bertz CT molecular complexity index is 395. The highest BCUT2D eigenvalue weighted by Crippen LogP contribution is 2.25. The lowest BCUT2D eigenvalue weighted by Gasteiger charge is -2.41. The van der Waals surface area contributed by atoms with Gasteiger partial charge in [-0.1, -0.05) is 13.8 Å². The summed E-state index contributed by atoms with van der Waals surface area (Å²) in [5.41, 5.74) is 7.65. The number of aryl methyl sites for hydroxylation is 1. The average Bonchev–Trinajstić information content (AvgIpc) is 2.87. The fraction of sp³-hybridized carbons (Fsp3) is 0.800. The molecule has 20 heavy (non-hydrogen) atoms. The standard InChI is InChI=1S/C15H29N5/c1-4-6-19-7-9-20(10-8-19)15(14(16)5-2)13-11-17-18(3)12-13/h11-12,14-15H,4-10,16H2,1-3H3. The van der Waals surface area contributed by atoms with E-state index in [1.54, 1.807) is 0 Å². The van der Waals surface area contributed by atoms with Crippen LogP contribution in [-0.4, -0.2) is 58.3 Å². The second-order valence-electron chi connectivity index (χ2n) is 5.84. The van der Waals surface area contributed by atoms with Crippen LogP contribution in [0.4, 0.5) is 0 Å². The molecule has 1 aliphatic rings. The second kappa shape index (κ2) is 7.20. The molecule has 1 aliphatic heterocycles. The summed E-state index contributed by atoms with van der Waals surface area (Å²) < 4.78 is 1.87. The zero-order valence-corrected chi connectivity index (χ0v) is 13.1. The molecule has 2 unspecified atom stereocenters. The van der Waals surface area contributed by atoms with Gasteiger partial charge >= 0.3 is 0 Å². The molecule has 0 aliphatic carbocycles. The van der Waals surface area contributed by atoms with Gasteiger partial charge in [-0.3, -0.25) is 9.58 Å². The van der Waals surface area contributed by atoms with Crippen molar-refractivity contribution in [3.63, 3.8) is 0 Å². The van der Waals surface area contributed by atoms with Crippen molar-refractivity contribution in [3.8, 4) is 0 Å². The van der Waals surface area contributed by atoms with Gasteiger partial charge in [-0.05, 0) is 19.4 Å². The Morgan fingerprint density at radius 3 is 2.45 bits per heavy atom. The van der Waals surface area contributed by atoms with Crippen molar-refractivity contribution in [2.75, 3.05) is 32.7 Å². The van der Waals surface area contributed by atoms with Crippen LogP contribution in [0.3, 0.4) is 0 Å². The molecule has 1 aromatic rings. The first-order valence-electron chi connectivity index (χ1n) is 7.86. The number of piperazine rings is 1. The molecule has 0 bridgehead atoms. The van der Waals surface area contributed by atoms with Crippen molar-refractivity contribution in [1.29, 1.82) is 0 Å². The summed E-state index contributed by atoms with van der Waals surface area (Å²) in [5.74, 6) is 0. The minimum absolute atomic E-state index is 0.178. The summed E-state index contributed by atoms with van der Waals surface area (Å²) >= 11 is 0. The van der Waals surface area contributed by atoms with Crippen LogP contribution in [0.1, 0.15) is 38.3 Å². The first-order chi connectivity index (χ1) is 9.65. The number of aromatic nitrogens is 2. The van der Waals surface area contributed by atoms with Gasteiger partial charge in [0.25, 0.3) is 0 Å². The highest BCUT2D eigenvalue weighted by atomic mass is 15.3. The molecular weight excluding hydrogens is 250 g/mol. The smallest absolute Gasteiger partial charge is 0.0538 e. The third kappa shape index (κ3) is 3.59. The van der Waals surface area contributed by atoms with Crippen LogP contribution in [0.15, 0.2) is 12.4 Å². The molecule has 2 N–H and O–H groups in total. The van der Waals surface area contributed by atoms with Crippen LogP contribution in [0.5, 0.6) is 0 Å². The molecule has 2 atom stereocenters. The molecule has 1 aromatic heterocycles. The van der Waals surface area contributed by atoms with E-state index < -0.39 is 0 Å². The quantitative estimate of drug-likeness (QED) is 0.851. The lowest BCUT2D eigenvalue weighted by atomic mass is 9.98. The van der Waals surface area contributed by atoms with Gasteiger partial charge in [0.1, 0.15) is 0 Å². The van der Waals surface area contributed by atoms with E-state index in [2.05, 4.69) is 34.9 Å². The van der Waals surface area contributed by atoms with Crippen molar-refractivity contribution in [3.05, 3.63) is 18.0 Å². The molecule has 1 fully saturated rings. The monoisotopic (exact) mass is 279 g/mol. The molecule has 0 spiro atoms. The SMILES string of the molecule is CCCN1CCN(C(c2cnn(C)c2)C(N)CC)CC1. The van der Waals surface area contributed by atoms with Gasteiger partial charge in [0, 0.05) is 51.0 Å². The molecule has 114 valence electrons. The lowest BCUT2D eigenvalue weighted by molar-refractivity contribution is 0.0836. The molecule has 5 heteroatoms. The van der Waals surface area contributed by atoms with Crippen molar-refractivity contribution >= 4 is 0 Å². The highest BCUT2D eigenvalue weighted by molar-refractivity contribution is 5.13. The zero-order chi connectivity index (χ0) is 14.5. The summed E-state index contributed by atoms with van der Waals surface area (Å²) in [6, 6.07) is 0.481. The van der Waals surface area contributed by atoms with E-state index in [1.165, 1.54) is 18.5 Å². The lowest BCUT2D eigenvalue weighted by Crippen LogP contribution is -2.51. The van der Waals surface area contributed by atoms with Crippen molar-refractivity contribution in [2.24, 2.45) is 12.8 Å². The number of hydrogen-bond donors (Lipinski definition) is 1. The molecule has 2 heterocycles. The molecule has 2 rings (SSSR count). The van der Waals surface area contributed by atoms with E-state index in [0.29, 0.717) is 6.04 Å². The van der Waals surface area contributed by atoms with E-state index >= 15 is 0 Å². The number of nitrogens with two attached hydrogens (primary N) is 1. The maximum atomic E-state index is 6.39. The maximum Gasteiger partial charge on any atom is 0.0538 e. The number of hydrogen-bond acceptors (Lipinski definition) is 4. The van der Waals surface area contributed by atoms with Gasteiger partial charge in [-0.25, -0.2) is 0 Å². The van der Waals surface area contributed by atoms with Crippen LogP contribution in [0.25, 0.3) is 0 Å². The molecule has 0 aromatic carbocycles. The largest absolute Gasteiger partial charge is 0.326 e. The maximum absolute atomic E-state index is 6.39. The molecule has 1 saturated heterocycles. The third-order valence-electron chi connectivity index (χ3n) is 4.28. The molecule has 0 amide bonds. The Hall–Kier alpha value is -0.910. The first kappa shape index (κ1) is 15.5. The number of rotatable bonds is 6. The van der Waals surface area contributed by atoms with Crippen LogP contribution in [0.2, 0.25) is 0 Å². The normalized spacial score (nSPS) is 21.0. The Morgan fingerprint density at radius 1 is 1.25 bits per heavy atom. The summed E-state index contributed by atoms with van der Waals surface area (Å²) in [4.78, 5) is 5.09. The Balaban J connectivity index is 2.05. The topological polar surface area (TPSA) is 50.3 Å². The predicted octanol–water partition coefficient (Wildman–Crippen LogP) is 1.23. The fourth-order valence-corrected chi connectivity index (χ4v) is 3.13. The van der Waals surface area contributed by atoms with Crippen LogP contribution in [-0.2, 0) is 7.05 Å². The summed E-state index contributed by atoms with van der Waals surface area (Å²) in [6.45, 7) is 10.1. The molecule has 5 nitrogen and oxygen atoms in total. The average molecular weight is 279 g/mol. The van der Waals surface area contributed by atoms with Gasteiger partial charge in [0.15, 0.2) is 0 Å². The second-order valence-corrected chi connectivity index (χ2v) is 5.84. The first-order valence-corrected chi connectivity index (χ1v) is 7.86. The van der Waals surface area contributed by atoms with Crippen LogP contribution < -0.4 is 5.73 Å². The van der Waals surface area contributed by atoms with Gasteiger partial charge in [0.05, 0.1) is 12.2 Å². The predicted molar refractivity (Wildman–Crippen MR) is 82.5 cm³/mol. The zero-order valence-electron chi connectivity index (χ0n) is 13.1. The molecule has 0 saturated carbocycles. The van der Waals surface area contributed by atoms with Crippen molar-refractivity contribution in [1.82, 2.24) is 19.6 Å². The van der Waals surface area contributed by atoms with E-state index in [0.717, 1.165) is 32.6 Å². The van der Waals surface area contributed by atoms with Gasteiger partial charge < -0.3 is 10.6 Å². The van der Waals surface area contributed by atoms with E-state index in [-0.39, 0.29) is 6.04 Å². The van der Waals surface area contributed by atoms with Crippen LogP contribution >= 0.6 is 0 Å². The summed E-state index contributed by atoms with van der Waals surface area (Å²) in [7, 11) is 1.97. The van der Waals surface area contributed by atoms with Gasteiger partial charge in [0.2, 0.25) is 0 Å². The summed E-state index contributed by atoms with van der Waals surface area (Å²) in [6.07, 6.45) is 6.31. The van der Waals surface area contributed by atoms with Gasteiger partial charge in [-0.15, -0.1) is 0 Å². The van der Waals surface area contributed by atoms with E-state index in [9.17, 15) is 0 Å². The highest BCUT2D eigenvalue weighted by Gasteiger charge is 2.29. The van der Waals surface area contributed by atoms with Crippen molar-refractivity contribution in [2.45, 2.75) is 38.8 Å². The molecular formula is C15H29N5. The van der Waals surface area contributed by atoms with Crippen molar-refractivity contribution < 1.29 is 0 Å². The minimum atomic E-state index is 0.178. The third-order valence-corrected chi connectivity index (χ3v) is 4.28. The Morgan fingerprint density at radius 2 is 1.95 bits per heavy atom. The Kier molecular flexibility index (Phi) is 5.57. The Labute approximate surface area is 122 Å². The van der Waals surface area contributed by atoms with E-state index in [4.69, 9.17) is 5.73 Å². The molecule has 0 radical (unpaired) electrons. The summed E-state index contributed by atoms with van der Waals surface area (Å²) in [5, 5.41) is 4.32. The number of nitrogens with zero attached hydrogens (tertiary/aromatic N) is 4. The van der Waals surface area contributed by atoms with E-state index in [1.807, 2.05) is 17.9 Å². The fourth-order valence-electron chi connectivity index (χ4n) is 3.13. The van der Waals surface area contributed by atoms with Gasteiger partial charge in [-0.2, -0.15) is 5.10 Å². The van der Waals surface area contributed by atoms with Crippen LogP contribution in [0, 0.1) is 0 Å². The minimum Gasteiger partial charge on any atom is -0.326 e.